The highest BCUT2D eigenvalue weighted by atomic mass is 16.1. The lowest BCUT2D eigenvalue weighted by Crippen LogP contribution is -2.05. The van der Waals surface area contributed by atoms with Gasteiger partial charge in [-0.1, -0.05) is 24.6 Å². The van der Waals surface area contributed by atoms with E-state index in [0.29, 0.717) is 12.8 Å². The summed E-state index contributed by atoms with van der Waals surface area (Å²) in [4.78, 5) is 11.9. The second-order valence-electron chi connectivity index (χ2n) is 5.10. The van der Waals surface area contributed by atoms with Crippen LogP contribution in [0.4, 0.5) is 0 Å². The van der Waals surface area contributed by atoms with Crippen LogP contribution in [-0.4, -0.2) is 21.2 Å². The molecule has 1 N–H and O–H groups in total. The van der Waals surface area contributed by atoms with Crippen LogP contribution in [0.1, 0.15) is 36.9 Å². The maximum absolute atomic E-state index is 11.9. The van der Waals surface area contributed by atoms with Crippen molar-refractivity contribution < 1.29 is 4.79 Å². The number of rotatable bonds is 0. The van der Waals surface area contributed by atoms with E-state index in [1.54, 1.807) is 0 Å². The first-order valence-corrected chi connectivity index (χ1v) is 6.83. The number of aromatic nitrogens is 3. The molecule has 2 aromatic rings. The number of aromatic amines is 1. The van der Waals surface area contributed by atoms with Gasteiger partial charge in [-0.3, -0.25) is 4.79 Å². The van der Waals surface area contributed by atoms with Crippen LogP contribution in [0.3, 0.4) is 0 Å². The van der Waals surface area contributed by atoms with E-state index in [4.69, 9.17) is 0 Å². The molecule has 1 aliphatic carbocycles. The van der Waals surface area contributed by atoms with Crippen LogP contribution in [-0.2, 0) is 17.6 Å². The first-order valence-electron chi connectivity index (χ1n) is 6.83. The largest absolute Gasteiger partial charge is 0.299 e. The standard InChI is InChI=1S/C15H17N3O/c19-13-8-3-1-2-5-11-6-4-7-12(9-11)15-14(10-13)16-18-17-15/h4,6-7,9H,1-3,5,8,10H2,(H,16,17,18). The zero-order valence-corrected chi connectivity index (χ0v) is 10.9. The Balaban J connectivity index is 2.01. The van der Waals surface area contributed by atoms with Crippen molar-refractivity contribution in [3.05, 3.63) is 35.5 Å². The molecule has 0 aliphatic heterocycles. The molecule has 0 saturated carbocycles. The zero-order valence-electron chi connectivity index (χ0n) is 10.9. The summed E-state index contributed by atoms with van der Waals surface area (Å²) < 4.78 is 0. The molecule has 1 aromatic carbocycles. The molecule has 19 heavy (non-hydrogen) atoms. The molecule has 98 valence electrons. The lowest BCUT2D eigenvalue weighted by Gasteiger charge is -2.07. The van der Waals surface area contributed by atoms with Crippen LogP contribution in [0.15, 0.2) is 24.3 Å². The number of hydrogen-bond donors (Lipinski definition) is 1. The highest BCUT2D eigenvalue weighted by Crippen LogP contribution is 2.23. The van der Waals surface area contributed by atoms with E-state index in [-0.39, 0.29) is 5.78 Å². The summed E-state index contributed by atoms with van der Waals surface area (Å²) in [5.41, 5.74) is 3.96. The average Bonchev–Trinajstić information content (AvgIpc) is 2.86. The Labute approximate surface area is 112 Å². The van der Waals surface area contributed by atoms with Gasteiger partial charge in [-0.25, -0.2) is 0 Å². The molecule has 4 nitrogen and oxygen atoms in total. The molecule has 0 atom stereocenters. The number of benzene rings is 1. The number of carbonyl (C=O) groups excluding carboxylic acids is 1. The second-order valence-corrected chi connectivity index (χ2v) is 5.10. The summed E-state index contributed by atoms with van der Waals surface area (Å²) >= 11 is 0. The van der Waals surface area contributed by atoms with Gasteiger partial charge in [-0.2, -0.15) is 15.4 Å². The second kappa shape index (κ2) is 5.34. The van der Waals surface area contributed by atoms with E-state index < -0.39 is 0 Å². The number of nitrogens with zero attached hydrogens (tertiary/aromatic N) is 2. The Morgan fingerprint density at radius 1 is 1.05 bits per heavy atom. The quantitative estimate of drug-likeness (QED) is 0.787. The van der Waals surface area contributed by atoms with Gasteiger partial charge in [0.25, 0.3) is 0 Å². The topological polar surface area (TPSA) is 58.6 Å². The van der Waals surface area contributed by atoms with Crippen molar-refractivity contribution in [3.8, 4) is 11.3 Å². The normalized spacial score (nSPS) is 16.3. The number of fused-ring (bicyclic) bond motifs is 4. The molecular formula is C15H17N3O. The van der Waals surface area contributed by atoms with Crippen molar-refractivity contribution >= 4 is 5.78 Å². The van der Waals surface area contributed by atoms with E-state index in [2.05, 4.69) is 33.6 Å². The number of nitrogens with one attached hydrogen (secondary N) is 1. The molecule has 0 spiro atoms. The summed E-state index contributed by atoms with van der Waals surface area (Å²) in [6.07, 6.45) is 5.33. The highest BCUT2D eigenvalue weighted by molar-refractivity contribution is 5.82. The molecule has 0 unspecified atom stereocenters. The first kappa shape index (κ1) is 12.1. The van der Waals surface area contributed by atoms with Gasteiger partial charge in [0.05, 0.1) is 12.1 Å². The van der Waals surface area contributed by atoms with E-state index in [1.165, 1.54) is 5.56 Å². The minimum Gasteiger partial charge on any atom is -0.299 e. The number of carbonyl (C=O) groups is 1. The van der Waals surface area contributed by atoms with Crippen molar-refractivity contribution in [2.24, 2.45) is 0 Å². The van der Waals surface area contributed by atoms with Gasteiger partial charge in [-0.05, 0) is 30.9 Å². The summed E-state index contributed by atoms with van der Waals surface area (Å²) in [6.45, 7) is 0. The molecular weight excluding hydrogens is 238 g/mol. The molecule has 1 aromatic heterocycles. The molecule has 2 bridgehead atoms. The maximum atomic E-state index is 11.9. The Morgan fingerprint density at radius 2 is 1.95 bits per heavy atom. The molecule has 0 saturated heterocycles. The lowest BCUT2D eigenvalue weighted by atomic mass is 9.98. The third-order valence-electron chi connectivity index (χ3n) is 3.61. The van der Waals surface area contributed by atoms with Crippen LogP contribution in [0.2, 0.25) is 0 Å². The Hall–Kier alpha value is -1.97. The van der Waals surface area contributed by atoms with Gasteiger partial charge in [0.1, 0.15) is 11.5 Å². The van der Waals surface area contributed by atoms with Crippen molar-refractivity contribution in [1.82, 2.24) is 15.4 Å². The highest BCUT2D eigenvalue weighted by Gasteiger charge is 2.15. The molecule has 0 fully saturated rings. The monoisotopic (exact) mass is 255 g/mol. The maximum Gasteiger partial charge on any atom is 0.139 e. The molecule has 0 radical (unpaired) electrons. The molecule has 1 heterocycles. The van der Waals surface area contributed by atoms with Crippen molar-refractivity contribution in [1.29, 1.82) is 0 Å². The van der Waals surface area contributed by atoms with Gasteiger partial charge in [0.2, 0.25) is 0 Å². The Bertz CT molecular complexity index is 589. The molecule has 4 heteroatoms. The Morgan fingerprint density at radius 3 is 2.89 bits per heavy atom. The summed E-state index contributed by atoms with van der Waals surface area (Å²) in [5.74, 6) is 0.256. The van der Waals surface area contributed by atoms with Gasteiger partial charge in [-0.15, -0.1) is 0 Å². The lowest BCUT2D eigenvalue weighted by molar-refractivity contribution is -0.118. The van der Waals surface area contributed by atoms with Crippen LogP contribution in [0, 0.1) is 0 Å². The SMILES string of the molecule is O=C1CCCCCc2cccc(c2)-c2n[nH]nc2C1. The van der Waals surface area contributed by atoms with Crippen LogP contribution in [0.5, 0.6) is 0 Å². The van der Waals surface area contributed by atoms with Gasteiger partial charge in [0, 0.05) is 12.0 Å². The average molecular weight is 255 g/mol. The van der Waals surface area contributed by atoms with E-state index in [9.17, 15) is 4.79 Å². The minimum atomic E-state index is 0.256. The zero-order chi connectivity index (χ0) is 13.1. The molecule has 1 aliphatic rings. The van der Waals surface area contributed by atoms with E-state index >= 15 is 0 Å². The van der Waals surface area contributed by atoms with E-state index in [0.717, 1.165) is 42.6 Å². The van der Waals surface area contributed by atoms with Gasteiger partial charge >= 0.3 is 0 Å². The fraction of sp³-hybridized carbons (Fsp3) is 0.400. The van der Waals surface area contributed by atoms with Gasteiger partial charge in [0.15, 0.2) is 0 Å². The number of Topliss-reactive ketones (excluding diaryl/α,β-unsaturated/α-hetero) is 1. The number of hydrogen-bond acceptors (Lipinski definition) is 3. The third-order valence-corrected chi connectivity index (χ3v) is 3.61. The fourth-order valence-electron chi connectivity index (χ4n) is 2.58. The fourth-order valence-corrected chi connectivity index (χ4v) is 2.58. The van der Waals surface area contributed by atoms with Crippen molar-refractivity contribution in [2.45, 2.75) is 38.5 Å². The van der Waals surface area contributed by atoms with Crippen molar-refractivity contribution in [2.75, 3.05) is 0 Å². The Kier molecular flexibility index (Phi) is 3.40. The van der Waals surface area contributed by atoms with Crippen LogP contribution < -0.4 is 0 Å². The third kappa shape index (κ3) is 2.72. The van der Waals surface area contributed by atoms with Crippen molar-refractivity contribution in [3.63, 3.8) is 0 Å². The summed E-state index contributed by atoms with van der Waals surface area (Å²) in [6, 6.07) is 8.39. The van der Waals surface area contributed by atoms with Crippen LogP contribution >= 0.6 is 0 Å². The van der Waals surface area contributed by atoms with E-state index in [1.807, 2.05) is 6.07 Å². The number of ketones is 1. The first-order chi connectivity index (χ1) is 9.33. The van der Waals surface area contributed by atoms with Gasteiger partial charge < -0.3 is 0 Å². The number of aryl methyl sites for hydroxylation is 1. The van der Waals surface area contributed by atoms with Crippen LogP contribution in [0.25, 0.3) is 11.3 Å². The summed E-state index contributed by atoms with van der Waals surface area (Å²) in [7, 11) is 0. The predicted molar refractivity (Wildman–Crippen MR) is 72.7 cm³/mol. The smallest absolute Gasteiger partial charge is 0.139 e. The summed E-state index contributed by atoms with van der Waals surface area (Å²) in [5, 5.41) is 11.0. The minimum absolute atomic E-state index is 0.256. The molecule has 0 amide bonds. The predicted octanol–water partition coefficient (Wildman–Crippen LogP) is 2.70. The molecule has 3 rings (SSSR count). The number of H-pyrrole nitrogens is 1.